The molecular weight excluding hydrogens is 310 g/mol. The lowest BCUT2D eigenvalue weighted by Gasteiger charge is -2.44. The zero-order valence-electron chi connectivity index (χ0n) is 15.4. The first-order chi connectivity index (χ1) is 12.3. The van der Waals surface area contributed by atoms with Crippen molar-refractivity contribution in [1.29, 1.82) is 0 Å². The summed E-state index contributed by atoms with van der Waals surface area (Å²) in [5.74, 6) is 0. The van der Waals surface area contributed by atoms with Gasteiger partial charge in [0.05, 0.1) is 0 Å². The van der Waals surface area contributed by atoms with Gasteiger partial charge in [0.1, 0.15) is 0 Å². The monoisotopic (exact) mass is 343 g/mol. The summed E-state index contributed by atoms with van der Waals surface area (Å²) < 4.78 is 0. The Labute approximate surface area is 152 Å². The van der Waals surface area contributed by atoms with Crippen LogP contribution in [0.5, 0.6) is 0 Å². The molecule has 1 N–H and O–H groups in total. The van der Waals surface area contributed by atoms with Gasteiger partial charge in [0, 0.05) is 57.1 Å². The molecule has 0 spiro atoms. The molecule has 3 fully saturated rings. The molecule has 2 atom stereocenters. The molecule has 3 heterocycles. The minimum Gasteiger partial charge on any atom is -0.396 e. The van der Waals surface area contributed by atoms with Crippen molar-refractivity contribution >= 4 is 5.69 Å². The van der Waals surface area contributed by atoms with Crippen molar-refractivity contribution in [3.8, 4) is 0 Å². The van der Waals surface area contributed by atoms with Crippen LogP contribution < -0.4 is 4.90 Å². The summed E-state index contributed by atoms with van der Waals surface area (Å²) in [6, 6.07) is 10.2. The van der Waals surface area contributed by atoms with Gasteiger partial charge in [-0.2, -0.15) is 0 Å². The van der Waals surface area contributed by atoms with Crippen LogP contribution in [0.3, 0.4) is 0 Å². The van der Waals surface area contributed by atoms with Gasteiger partial charge in [0.15, 0.2) is 0 Å². The molecule has 4 nitrogen and oxygen atoms in total. The molecule has 4 rings (SSSR count). The Morgan fingerprint density at radius 2 is 1.80 bits per heavy atom. The number of rotatable bonds is 5. The number of fused-ring (bicyclic) bond motifs is 1. The van der Waals surface area contributed by atoms with Crippen LogP contribution in [0.15, 0.2) is 24.3 Å². The number of benzene rings is 1. The number of piperidine rings is 1. The quantitative estimate of drug-likeness (QED) is 0.890. The summed E-state index contributed by atoms with van der Waals surface area (Å²) in [7, 11) is 0. The van der Waals surface area contributed by atoms with Gasteiger partial charge in [-0.3, -0.25) is 9.80 Å². The molecule has 0 aromatic heterocycles. The van der Waals surface area contributed by atoms with E-state index in [0.29, 0.717) is 12.6 Å². The Hall–Kier alpha value is -1.10. The van der Waals surface area contributed by atoms with Crippen LogP contribution in [-0.4, -0.2) is 66.3 Å². The molecule has 138 valence electrons. The van der Waals surface area contributed by atoms with Crippen molar-refractivity contribution < 1.29 is 5.11 Å². The molecular formula is C21H33N3O. The number of para-hydroxylation sites is 1. The van der Waals surface area contributed by atoms with E-state index in [1.54, 1.807) is 0 Å². The topological polar surface area (TPSA) is 30.0 Å². The molecule has 3 saturated heterocycles. The molecule has 25 heavy (non-hydrogen) atoms. The first-order valence-electron chi connectivity index (χ1n) is 10.3. The van der Waals surface area contributed by atoms with Gasteiger partial charge >= 0.3 is 0 Å². The summed E-state index contributed by atoms with van der Waals surface area (Å²) in [6.07, 6.45) is 7.60. The number of hydrogen-bond donors (Lipinski definition) is 1. The molecule has 3 aliphatic rings. The average Bonchev–Trinajstić information content (AvgIpc) is 3.10. The van der Waals surface area contributed by atoms with Gasteiger partial charge in [-0.15, -0.1) is 0 Å². The van der Waals surface area contributed by atoms with E-state index in [1.165, 1.54) is 69.5 Å². The van der Waals surface area contributed by atoms with Crippen LogP contribution in [0, 0.1) is 0 Å². The number of piperazine rings is 1. The average molecular weight is 344 g/mol. The first-order valence-corrected chi connectivity index (χ1v) is 10.3. The fraction of sp³-hybridized carbons (Fsp3) is 0.714. The highest BCUT2D eigenvalue weighted by Gasteiger charge is 2.36. The van der Waals surface area contributed by atoms with Crippen molar-refractivity contribution in [3.05, 3.63) is 29.8 Å². The van der Waals surface area contributed by atoms with Crippen molar-refractivity contribution in [2.45, 2.75) is 57.2 Å². The Morgan fingerprint density at radius 1 is 0.960 bits per heavy atom. The molecule has 0 amide bonds. The van der Waals surface area contributed by atoms with Gasteiger partial charge in [-0.1, -0.05) is 18.2 Å². The summed E-state index contributed by atoms with van der Waals surface area (Å²) in [5, 5.41) is 9.55. The highest BCUT2D eigenvalue weighted by Crippen LogP contribution is 2.30. The Bertz CT molecular complexity index is 558. The normalized spacial score (nSPS) is 28.3. The van der Waals surface area contributed by atoms with E-state index < -0.39 is 0 Å². The number of aliphatic hydroxyl groups excluding tert-OH is 1. The lowest BCUT2D eigenvalue weighted by atomic mass is 10.0. The summed E-state index contributed by atoms with van der Waals surface area (Å²) in [6.45, 7) is 7.29. The molecule has 0 radical (unpaired) electrons. The summed E-state index contributed by atoms with van der Waals surface area (Å²) >= 11 is 0. The number of nitrogens with zero attached hydrogens (tertiary/aromatic N) is 3. The minimum atomic E-state index is 0.299. The molecule has 0 aliphatic carbocycles. The molecule has 0 bridgehead atoms. The van der Waals surface area contributed by atoms with Crippen LogP contribution in [0.2, 0.25) is 0 Å². The number of hydrogen-bond acceptors (Lipinski definition) is 4. The van der Waals surface area contributed by atoms with E-state index in [2.05, 4.69) is 39.0 Å². The van der Waals surface area contributed by atoms with E-state index in [9.17, 15) is 5.11 Å². The molecule has 0 saturated carbocycles. The number of aliphatic hydroxyl groups is 1. The Balaban J connectivity index is 1.51. The van der Waals surface area contributed by atoms with E-state index in [1.807, 2.05) is 0 Å². The second kappa shape index (κ2) is 8.07. The summed E-state index contributed by atoms with van der Waals surface area (Å²) in [5.41, 5.74) is 2.91. The Kier molecular flexibility index (Phi) is 5.59. The third-order valence-corrected chi connectivity index (χ3v) is 6.43. The SMILES string of the molecule is OCC[C@H]1CN2CCCC2CN1Cc1ccccc1N1CCCCC1. The minimum absolute atomic E-state index is 0.299. The van der Waals surface area contributed by atoms with E-state index >= 15 is 0 Å². The highest BCUT2D eigenvalue weighted by molar-refractivity contribution is 5.54. The molecule has 1 aromatic carbocycles. The predicted octanol–water partition coefficient (Wildman–Crippen LogP) is 2.71. The fourth-order valence-electron chi connectivity index (χ4n) is 5.07. The highest BCUT2D eigenvalue weighted by atomic mass is 16.3. The zero-order chi connectivity index (χ0) is 17.1. The second-order valence-electron chi connectivity index (χ2n) is 8.06. The molecule has 4 heteroatoms. The number of anilines is 1. The van der Waals surface area contributed by atoms with E-state index in [4.69, 9.17) is 0 Å². The largest absolute Gasteiger partial charge is 0.396 e. The van der Waals surface area contributed by atoms with Crippen molar-refractivity contribution in [2.24, 2.45) is 0 Å². The molecule has 1 unspecified atom stereocenters. The lowest BCUT2D eigenvalue weighted by Crippen LogP contribution is -2.55. The predicted molar refractivity (Wildman–Crippen MR) is 103 cm³/mol. The molecule has 3 aliphatic heterocycles. The second-order valence-corrected chi connectivity index (χ2v) is 8.06. The van der Waals surface area contributed by atoms with Crippen molar-refractivity contribution in [3.63, 3.8) is 0 Å². The van der Waals surface area contributed by atoms with Gasteiger partial charge in [0.25, 0.3) is 0 Å². The van der Waals surface area contributed by atoms with E-state index in [0.717, 1.165) is 25.6 Å². The van der Waals surface area contributed by atoms with Gasteiger partial charge in [-0.05, 0) is 56.7 Å². The maximum atomic E-state index is 9.55. The third kappa shape index (κ3) is 3.86. The van der Waals surface area contributed by atoms with Crippen LogP contribution >= 0.6 is 0 Å². The van der Waals surface area contributed by atoms with Crippen LogP contribution in [0.25, 0.3) is 0 Å². The Morgan fingerprint density at radius 3 is 2.64 bits per heavy atom. The maximum Gasteiger partial charge on any atom is 0.0446 e. The van der Waals surface area contributed by atoms with Crippen molar-refractivity contribution in [2.75, 3.05) is 44.2 Å². The van der Waals surface area contributed by atoms with Gasteiger partial charge in [-0.25, -0.2) is 0 Å². The van der Waals surface area contributed by atoms with Crippen molar-refractivity contribution in [1.82, 2.24) is 9.80 Å². The lowest BCUT2D eigenvalue weighted by molar-refractivity contribution is 0.0334. The molecule has 1 aromatic rings. The smallest absolute Gasteiger partial charge is 0.0446 e. The van der Waals surface area contributed by atoms with Gasteiger partial charge in [0.2, 0.25) is 0 Å². The van der Waals surface area contributed by atoms with E-state index in [-0.39, 0.29) is 0 Å². The van der Waals surface area contributed by atoms with Crippen LogP contribution in [0.4, 0.5) is 5.69 Å². The standard InChI is InChI=1S/C21H33N3O/c25-14-10-20-16-23-13-6-8-19(23)17-24(20)15-18-7-2-3-9-21(18)22-11-4-1-5-12-22/h2-3,7,9,19-20,25H,1,4-6,8,10-17H2/t19?,20-/m0/s1. The maximum absolute atomic E-state index is 9.55. The fourth-order valence-corrected chi connectivity index (χ4v) is 5.07. The van der Waals surface area contributed by atoms with Gasteiger partial charge < -0.3 is 10.0 Å². The summed E-state index contributed by atoms with van der Waals surface area (Å²) in [4.78, 5) is 7.91. The first kappa shape index (κ1) is 17.3. The third-order valence-electron chi connectivity index (χ3n) is 6.43. The van der Waals surface area contributed by atoms with Crippen LogP contribution in [-0.2, 0) is 6.54 Å². The van der Waals surface area contributed by atoms with Crippen LogP contribution in [0.1, 0.15) is 44.1 Å². The zero-order valence-corrected chi connectivity index (χ0v) is 15.4.